The van der Waals surface area contributed by atoms with Crippen molar-refractivity contribution in [2.75, 3.05) is 36.9 Å². The highest BCUT2D eigenvalue weighted by Crippen LogP contribution is 2.17. The Kier molecular flexibility index (Phi) is 8.29. The van der Waals surface area contributed by atoms with Crippen molar-refractivity contribution >= 4 is 39.1 Å². The lowest BCUT2D eigenvalue weighted by Gasteiger charge is -2.20. The van der Waals surface area contributed by atoms with E-state index in [9.17, 15) is 9.59 Å². The number of carbonyl (C=O) groups is 2. The van der Waals surface area contributed by atoms with Gasteiger partial charge in [-0.15, -0.1) is 0 Å². The van der Waals surface area contributed by atoms with E-state index in [0.717, 1.165) is 16.8 Å². The monoisotopic (exact) mass is 433 g/mol. The topological polar surface area (TPSA) is 70.7 Å². The van der Waals surface area contributed by atoms with Crippen molar-refractivity contribution in [2.24, 2.45) is 0 Å². The Balaban J connectivity index is 1.77. The van der Waals surface area contributed by atoms with E-state index in [1.807, 2.05) is 36.1 Å². The van der Waals surface area contributed by atoms with Crippen LogP contribution in [0.4, 0.5) is 11.4 Å². The third-order valence-electron chi connectivity index (χ3n) is 3.78. The van der Waals surface area contributed by atoms with Gasteiger partial charge in [0.15, 0.2) is 0 Å². The number of likely N-dealkylation sites (N-methyl/N-ethyl adjacent to an activating group) is 1. The summed E-state index contributed by atoms with van der Waals surface area (Å²) in [4.78, 5) is 25.3. The van der Waals surface area contributed by atoms with Crippen LogP contribution in [0.2, 0.25) is 0 Å². The van der Waals surface area contributed by atoms with Gasteiger partial charge in [0.05, 0.1) is 6.54 Å². The van der Waals surface area contributed by atoms with Gasteiger partial charge in [-0.25, -0.2) is 0 Å². The Morgan fingerprint density at radius 1 is 1.07 bits per heavy atom. The zero-order valence-electron chi connectivity index (χ0n) is 15.5. The van der Waals surface area contributed by atoms with Crippen LogP contribution in [0.15, 0.2) is 53.0 Å². The third-order valence-corrected chi connectivity index (χ3v) is 4.27. The van der Waals surface area contributed by atoms with Crippen LogP contribution in [0, 0.1) is 0 Å². The molecule has 6 nitrogen and oxygen atoms in total. The first-order valence-electron chi connectivity index (χ1n) is 8.74. The molecule has 0 saturated carbocycles. The minimum absolute atomic E-state index is 0.0911. The van der Waals surface area contributed by atoms with Crippen LogP contribution in [-0.4, -0.2) is 43.0 Å². The Morgan fingerprint density at radius 2 is 1.74 bits per heavy atom. The largest absolute Gasteiger partial charge is 0.492 e. The van der Waals surface area contributed by atoms with E-state index < -0.39 is 0 Å². The maximum Gasteiger partial charge on any atom is 0.238 e. The molecule has 0 aliphatic rings. The highest BCUT2D eigenvalue weighted by molar-refractivity contribution is 9.10. The quantitative estimate of drug-likeness (QED) is 0.631. The minimum atomic E-state index is -0.129. The first kappa shape index (κ1) is 20.9. The standard InChI is InChI=1S/C20H24BrN3O3/c1-3-24(11-12-27-19-6-4-5-16(21)13-19)14-20(26)23-18-9-7-17(8-10-18)22-15(2)25/h4-10,13H,3,11-12,14H2,1-2H3,(H,22,25)(H,23,26). The summed E-state index contributed by atoms with van der Waals surface area (Å²) in [5, 5.41) is 5.55. The van der Waals surface area contributed by atoms with Gasteiger partial charge in [-0.1, -0.05) is 28.9 Å². The molecule has 0 aromatic heterocycles. The molecule has 0 spiro atoms. The summed E-state index contributed by atoms with van der Waals surface area (Å²) in [5.41, 5.74) is 1.39. The summed E-state index contributed by atoms with van der Waals surface area (Å²) in [7, 11) is 0. The lowest BCUT2D eigenvalue weighted by atomic mass is 10.2. The molecule has 2 aromatic rings. The highest BCUT2D eigenvalue weighted by atomic mass is 79.9. The van der Waals surface area contributed by atoms with Crippen molar-refractivity contribution in [3.05, 3.63) is 53.0 Å². The van der Waals surface area contributed by atoms with E-state index in [4.69, 9.17) is 4.74 Å². The number of nitrogens with zero attached hydrogens (tertiary/aromatic N) is 1. The molecule has 0 aliphatic heterocycles. The molecular weight excluding hydrogens is 410 g/mol. The molecule has 7 heteroatoms. The van der Waals surface area contributed by atoms with E-state index in [1.165, 1.54) is 6.92 Å². The summed E-state index contributed by atoms with van der Waals surface area (Å²) in [6.45, 7) is 5.65. The van der Waals surface area contributed by atoms with Gasteiger partial charge in [0.25, 0.3) is 0 Å². The van der Waals surface area contributed by atoms with Crippen molar-refractivity contribution in [3.8, 4) is 5.75 Å². The van der Waals surface area contributed by atoms with Crippen LogP contribution in [0.25, 0.3) is 0 Å². The van der Waals surface area contributed by atoms with E-state index in [0.29, 0.717) is 24.5 Å². The van der Waals surface area contributed by atoms with Gasteiger partial charge in [0.2, 0.25) is 11.8 Å². The molecule has 0 saturated heterocycles. The van der Waals surface area contributed by atoms with E-state index in [-0.39, 0.29) is 18.4 Å². The number of rotatable bonds is 9. The molecule has 2 rings (SSSR count). The molecule has 0 radical (unpaired) electrons. The number of nitrogens with one attached hydrogen (secondary N) is 2. The van der Waals surface area contributed by atoms with Crippen LogP contribution >= 0.6 is 15.9 Å². The predicted molar refractivity (Wildman–Crippen MR) is 111 cm³/mol. The Labute approximate surface area is 168 Å². The van der Waals surface area contributed by atoms with Gasteiger partial charge < -0.3 is 15.4 Å². The van der Waals surface area contributed by atoms with Crippen LogP contribution in [0.1, 0.15) is 13.8 Å². The molecule has 0 aliphatic carbocycles. The molecule has 0 unspecified atom stereocenters. The number of anilines is 2. The van der Waals surface area contributed by atoms with Crippen molar-refractivity contribution in [1.82, 2.24) is 4.90 Å². The molecule has 0 bridgehead atoms. The normalized spacial score (nSPS) is 10.5. The number of benzene rings is 2. The molecule has 0 fully saturated rings. The van der Waals surface area contributed by atoms with Crippen molar-refractivity contribution in [1.29, 1.82) is 0 Å². The second-order valence-corrected chi connectivity index (χ2v) is 6.90. The molecule has 2 N–H and O–H groups in total. The van der Waals surface area contributed by atoms with Gasteiger partial charge in [0.1, 0.15) is 12.4 Å². The second kappa shape index (κ2) is 10.7. The van der Waals surface area contributed by atoms with Gasteiger partial charge in [-0.2, -0.15) is 0 Å². The Morgan fingerprint density at radius 3 is 2.33 bits per heavy atom. The van der Waals surface area contributed by atoms with Crippen molar-refractivity contribution in [3.63, 3.8) is 0 Å². The highest BCUT2D eigenvalue weighted by Gasteiger charge is 2.10. The smallest absolute Gasteiger partial charge is 0.238 e. The second-order valence-electron chi connectivity index (χ2n) is 5.98. The molecule has 2 amide bonds. The van der Waals surface area contributed by atoms with Gasteiger partial charge in [-0.05, 0) is 49.0 Å². The number of amides is 2. The lowest BCUT2D eigenvalue weighted by molar-refractivity contribution is -0.117. The molecule has 0 heterocycles. The number of carbonyl (C=O) groups excluding carboxylic acids is 2. The van der Waals surface area contributed by atoms with Gasteiger partial charge in [0, 0.05) is 29.3 Å². The maximum absolute atomic E-state index is 12.3. The average molecular weight is 434 g/mol. The number of hydrogen-bond acceptors (Lipinski definition) is 4. The summed E-state index contributed by atoms with van der Waals surface area (Å²) < 4.78 is 6.69. The molecule has 2 aromatic carbocycles. The Hall–Kier alpha value is -2.38. The average Bonchev–Trinajstić information content (AvgIpc) is 2.62. The summed E-state index contributed by atoms with van der Waals surface area (Å²) in [6.07, 6.45) is 0. The molecule has 0 atom stereocenters. The minimum Gasteiger partial charge on any atom is -0.492 e. The number of halogens is 1. The fraction of sp³-hybridized carbons (Fsp3) is 0.300. The number of ether oxygens (including phenoxy) is 1. The van der Waals surface area contributed by atoms with Crippen molar-refractivity contribution < 1.29 is 14.3 Å². The zero-order chi connectivity index (χ0) is 19.6. The lowest BCUT2D eigenvalue weighted by Crippen LogP contribution is -2.35. The predicted octanol–water partition coefficient (Wildman–Crippen LogP) is 3.75. The summed E-state index contributed by atoms with van der Waals surface area (Å²) >= 11 is 3.41. The van der Waals surface area contributed by atoms with Gasteiger partial charge >= 0.3 is 0 Å². The van der Waals surface area contributed by atoms with E-state index >= 15 is 0 Å². The van der Waals surface area contributed by atoms with Crippen LogP contribution < -0.4 is 15.4 Å². The molecule has 27 heavy (non-hydrogen) atoms. The van der Waals surface area contributed by atoms with Crippen LogP contribution in [0.3, 0.4) is 0 Å². The first-order chi connectivity index (χ1) is 13.0. The maximum atomic E-state index is 12.3. The molecular formula is C20H24BrN3O3. The molecule has 144 valence electrons. The summed E-state index contributed by atoms with van der Waals surface area (Å²) in [6, 6.07) is 14.7. The SMILES string of the molecule is CCN(CCOc1cccc(Br)c1)CC(=O)Nc1ccc(NC(C)=O)cc1. The van der Waals surface area contributed by atoms with E-state index in [2.05, 4.69) is 26.6 Å². The van der Waals surface area contributed by atoms with Crippen LogP contribution in [-0.2, 0) is 9.59 Å². The summed E-state index contributed by atoms with van der Waals surface area (Å²) in [5.74, 6) is 0.575. The number of hydrogen-bond donors (Lipinski definition) is 2. The van der Waals surface area contributed by atoms with Gasteiger partial charge in [-0.3, -0.25) is 14.5 Å². The fourth-order valence-electron chi connectivity index (χ4n) is 2.44. The Bertz CT molecular complexity index is 765. The van der Waals surface area contributed by atoms with E-state index in [1.54, 1.807) is 24.3 Å². The fourth-order valence-corrected chi connectivity index (χ4v) is 2.82. The van der Waals surface area contributed by atoms with Crippen LogP contribution in [0.5, 0.6) is 5.75 Å². The van der Waals surface area contributed by atoms with Crippen molar-refractivity contribution in [2.45, 2.75) is 13.8 Å². The first-order valence-corrected chi connectivity index (χ1v) is 9.54. The zero-order valence-corrected chi connectivity index (χ0v) is 17.1. The third kappa shape index (κ3) is 7.80.